The fraction of sp³-hybridized carbons (Fsp3) is 0.714. The maximum absolute atomic E-state index is 5.78. The van der Waals surface area contributed by atoms with E-state index in [0.29, 0.717) is 6.10 Å². The highest BCUT2D eigenvalue weighted by Gasteiger charge is 2.18. The molecule has 1 saturated heterocycles. The van der Waals surface area contributed by atoms with E-state index in [4.69, 9.17) is 9.15 Å². The zero-order valence-electron chi connectivity index (χ0n) is 11.7. The van der Waals surface area contributed by atoms with Crippen LogP contribution in [0.1, 0.15) is 29.9 Å². The summed E-state index contributed by atoms with van der Waals surface area (Å²) in [4.78, 5) is 2.28. The number of nitrogens with zero attached hydrogens (tertiary/aromatic N) is 1. The third kappa shape index (κ3) is 3.57. The number of aryl methyl sites for hydroxylation is 1. The molecule has 1 aliphatic rings. The van der Waals surface area contributed by atoms with Crippen molar-refractivity contribution in [2.75, 3.05) is 27.2 Å². The van der Waals surface area contributed by atoms with Crippen LogP contribution in [-0.4, -0.2) is 38.3 Å². The zero-order chi connectivity index (χ0) is 13.0. The molecule has 4 nitrogen and oxygen atoms in total. The average Bonchev–Trinajstić information content (AvgIpc) is 2.90. The number of hydrogen-bond donors (Lipinski definition) is 1. The minimum absolute atomic E-state index is 0.405. The van der Waals surface area contributed by atoms with Gasteiger partial charge in [0.05, 0.1) is 12.6 Å². The first-order chi connectivity index (χ1) is 8.69. The molecule has 1 aromatic heterocycles. The van der Waals surface area contributed by atoms with Gasteiger partial charge in [-0.25, -0.2) is 0 Å². The smallest absolute Gasteiger partial charge is 0.118 e. The number of hydrogen-bond acceptors (Lipinski definition) is 4. The van der Waals surface area contributed by atoms with E-state index in [2.05, 4.69) is 23.3 Å². The topological polar surface area (TPSA) is 37.6 Å². The summed E-state index contributed by atoms with van der Waals surface area (Å²) in [6, 6.07) is 2.15. The normalized spacial score (nSPS) is 19.9. The summed E-state index contributed by atoms with van der Waals surface area (Å²) in [6.07, 6.45) is 2.79. The van der Waals surface area contributed by atoms with Crippen LogP contribution in [0.3, 0.4) is 0 Å². The van der Waals surface area contributed by atoms with Crippen LogP contribution in [0.4, 0.5) is 0 Å². The Morgan fingerprint density at radius 3 is 3.00 bits per heavy atom. The molecule has 0 spiro atoms. The molecule has 1 aromatic rings. The second-order valence-corrected chi connectivity index (χ2v) is 5.16. The Morgan fingerprint density at radius 1 is 1.50 bits per heavy atom. The minimum atomic E-state index is 0.405. The van der Waals surface area contributed by atoms with Gasteiger partial charge in [-0.05, 0) is 39.9 Å². The van der Waals surface area contributed by atoms with Crippen LogP contribution in [0.5, 0.6) is 0 Å². The molecule has 0 saturated carbocycles. The van der Waals surface area contributed by atoms with E-state index >= 15 is 0 Å². The Morgan fingerprint density at radius 2 is 2.33 bits per heavy atom. The molecule has 0 aromatic carbocycles. The molecule has 18 heavy (non-hydrogen) atoms. The number of rotatable bonds is 6. The molecule has 1 fully saturated rings. The van der Waals surface area contributed by atoms with Crippen molar-refractivity contribution >= 4 is 0 Å². The number of furan rings is 1. The highest BCUT2D eigenvalue weighted by molar-refractivity contribution is 5.20. The van der Waals surface area contributed by atoms with E-state index in [-0.39, 0.29) is 0 Å². The van der Waals surface area contributed by atoms with E-state index in [1.165, 1.54) is 18.4 Å². The molecule has 1 unspecified atom stereocenters. The Kier molecular flexibility index (Phi) is 4.80. The van der Waals surface area contributed by atoms with E-state index in [1.807, 2.05) is 14.0 Å². The Labute approximate surface area is 109 Å². The number of ether oxygens (including phenoxy) is 1. The quantitative estimate of drug-likeness (QED) is 0.839. The van der Waals surface area contributed by atoms with E-state index in [0.717, 1.165) is 37.8 Å². The lowest BCUT2D eigenvalue weighted by molar-refractivity contribution is 0.0774. The molecule has 4 heteroatoms. The minimum Gasteiger partial charge on any atom is -0.465 e. The van der Waals surface area contributed by atoms with Crippen molar-refractivity contribution in [2.24, 2.45) is 0 Å². The van der Waals surface area contributed by atoms with Crippen LogP contribution in [0.25, 0.3) is 0 Å². The third-order valence-corrected chi connectivity index (χ3v) is 3.40. The van der Waals surface area contributed by atoms with Crippen molar-refractivity contribution in [2.45, 2.75) is 39.0 Å². The lowest BCUT2D eigenvalue weighted by atomic mass is 10.2. The Bertz CT molecular complexity index is 370. The second kappa shape index (κ2) is 6.36. The van der Waals surface area contributed by atoms with Gasteiger partial charge in [0.1, 0.15) is 11.5 Å². The molecule has 0 amide bonds. The van der Waals surface area contributed by atoms with Gasteiger partial charge < -0.3 is 14.5 Å². The number of nitrogens with one attached hydrogen (secondary N) is 1. The van der Waals surface area contributed by atoms with Crippen LogP contribution in [0.2, 0.25) is 0 Å². The van der Waals surface area contributed by atoms with Crippen molar-refractivity contribution in [3.8, 4) is 0 Å². The molecule has 1 N–H and O–H groups in total. The van der Waals surface area contributed by atoms with E-state index < -0.39 is 0 Å². The van der Waals surface area contributed by atoms with Gasteiger partial charge in [0.2, 0.25) is 0 Å². The van der Waals surface area contributed by atoms with Crippen molar-refractivity contribution in [3.63, 3.8) is 0 Å². The van der Waals surface area contributed by atoms with Crippen molar-refractivity contribution in [3.05, 3.63) is 23.2 Å². The zero-order valence-corrected chi connectivity index (χ0v) is 11.7. The van der Waals surface area contributed by atoms with Crippen LogP contribution in [-0.2, 0) is 17.8 Å². The summed E-state index contributed by atoms with van der Waals surface area (Å²) in [7, 11) is 4.08. The molecule has 2 rings (SSSR count). The summed E-state index contributed by atoms with van der Waals surface area (Å²) in [5.41, 5.74) is 1.25. The fourth-order valence-corrected chi connectivity index (χ4v) is 2.50. The molecular weight excluding hydrogens is 228 g/mol. The summed E-state index contributed by atoms with van der Waals surface area (Å²) < 4.78 is 11.4. The van der Waals surface area contributed by atoms with Gasteiger partial charge in [-0.3, -0.25) is 4.90 Å². The summed E-state index contributed by atoms with van der Waals surface area (Å²) >= 11 is 0. The molecule has 0 aliphatic carbocycles. The van der Waals surface area contributed by atoms with Crippen LogP contribution in [0, 0.1) is 6.92 Å². The first-order valence-corrected chi connectivity index (χ1v) is 6.72. The van der Waals surface area contributed by atoms with Gasteiger partial charge in [-0.1, -0.05) is 0 Å². The summed E-state index contributed by atoms with van der Waals surface area (Å²) in [5.74, 6) is 2.06. The SMILES string of the molecule is CNCc1cc(CN(C)CC2CCCO2)oc1C. The predicted octanol–water partition coefficient (Wildman–Crippen LogP) is 1.92. The van der Waals surface area contributed by atoms with Crippen LogP contribution < -0.4 is 5.32 Å². The summed E-state index contributed by atoms with van der Waals surface area (Å²) in [5, 5.41) is 3.16. The Balaban J connectivity index is 1.85. The molecule has 1 aliphatic heterocycles. The third-order valence-electron chi connectivity index (χ3n) is 3.40. The van der Waals surface area contributed by atoms with Crippen molar-refractivity contribution in [1.82, 2.24) is 10.2 Å². The number of likely N-dealkylation sites (N-methyl/N-ethyl adjacent to an activating group) is 1. The fourth-order valence-electron chi connectivity index (χ4n) is 2.50. The molecule has 0 bridgehead atoms. The monoisotopic (exact) mass is 252 g/mol. The largest absolute Gasteiger partial charge is 0.465 e. The average molecular weight is 252 g/mol. The van der Waals surface area contributed by atoms with Gasteiger partial charge in [0.15, 0.2) is 0 Å². The second-order valence-electron chi connectivity index (χ2n) is 5.16. The lowest BCUT2D eigenvalue weighted by Crippen LogP contribution is -2.28. The maximum atomic E-state index is 5.78. The molecule has 0 radical (unpaired) electrons. The molecule has 2 heterocycles. The molecule has 1 atom stereocenters. The first kappa shape index (κ1) is 13.6. The highest BCUT2D eigenvalue weighted by Crippen LogP contribution is 2.17. The molecule has 102 valence electrons. The van der Waals surface area contributed by atoms with E-state index in [9.17, 15) is 0 Å². The first-order valence-electron chi connectivity index (χ1n) is 6.72. The van der Waals surface area contributed by atoms with Gasteiger partial charge in [-0.15, -0.1) is 0 Å². The maximum Gasteiger partial charge on any atom is 0.118 e. The lowest BCUT2D eigenvalue weighted by Gasteiger charge is -2.19. The standard InChI is InChI=1S/C14H24N2O2/c1-11-12(8-15-2)7-14(18-11)10-16(3)9-13-5-4-6-17-13/h7,13,15H,4-6,8-10H2,1-3H3. The van der Waals surface area contributed by atoms with Gasteiger partial charge >= 0.3 is 0 Å². The molecular formula is C14H24N2O2. The van der Waals surface area contributed by atoms with Crippen molar-refractivity contribution in [1.29, 1.82) is 0 Å². The van der Waals surface area contributed by atoms with Gasteiger partial charge in [-0.2, -0.15) is 0 Å². The van der Waals surface area contributed by atoms with Gasteiger partial charge in [0.25, 0.3) is 0 Å². The van der Waals surface area contributed by atoms with Crippen molar-refractivity contribution < 1.29 is 9.15 Å². The van der Waals surface area contributed by atoms with E-state index in [1.54, 1.807) is 0 Å². The summed E-state index contributed by atoms with van der Waals surface area (Å²) in [6.45, 7) is 5.65. The van der Waals surface area contributed by atoms with Crippen LogP contribution in [0.15, 0.2) is 10.5 Å². The predicted molar refractivity (Wildman–Crippen MR) is 71.5 cm³/mol. The van der Waals surface area contributed by atoms with Gasteiger partial charge in [0, 0.05) is 25.3 Å². The highest BCUT2D eigenvalue weighted by atomic mass is 16.5. The Hall–Kier alpha value is -0.840. The van der Waals surface area contributed by atoms with Crippen LogP contribution >= 0.6 is 0 Å².